The summed E-state index contributed by atoms with van der Waals surface area (Å²) in [5.74, 6) is 0.637. The summed E-state index contributed by atoms with van der Waals surface area (Å²) in [7, 11) is 0. The molecule has 0 radical (unpaired) electrons. The van der Waals surface area contributed by atoms with Gasteiger partial charge in [0.15, 0.2) is 0 Å². The summed E-state index contributed by atoms with van der Waals surface area (Å²) in [5.41, 5.74) is 4.94. The molecule has 1 amide bonds. The Morgan fingerprint density at radius 1 is 1.33 bits per heavy atom. The van der Waals surface area contributed by atoms with Gasteiger partial charge in [0.1, 0.15) is 0 Å². The maximum atomic E-state index is 11.5. The Labute approximate surface area is 98.6 Å². The van der Waals surface area contributed by atoms with Gasteiger partial charge < -0.3 is 11.1 Å². The fraction of sp³-hybridized carbons (Fsp3) is 0.909. The van der Waals surface area contributed by atoms with Gasteiger partial charge in [0.05, 0.1) is 5.54 Å². The first-order valence-electron chi connectivity index (χ1n) is 5.57. The number of hydrogen-bond donors (Lipinski definition) is 2. The van der Waals surface area contributed by atoms with Crippen LogP contribution < -0.4 is 11.1 Å². The molecule has 1 saturated carbocycles. The predicted octanol–water partition coefficient (Wildman–Crippen LogP) is 1.84. The van der Waals surface area contributed by atoms with Crippen molar-refractivity contribution in [2.75, 3.05) is 6.54 Å². The lowest BCUT2D eigenvalue weighted by molar-refractivity contribution is -0.125. The van der Waals surface area contributed by atoms with Gasteiger partial charge in [-0.3, -0.25) is 4.79 Å². The van der Waals surface area contributed by atoms with Crippen LogP contribution in [0.5, 0.6) is 0 Å². The van der Waals surface area contributed by atoms with Gasteiger partial charge in [-0.05, 0) is 32.6 Å². The van der Waals surface area contributed by atoms with Crippen molar-refractivity contribution in [2.45, 2.75) is 51.5 Å². The molecule has 0 saturated heterocycles. The lowest BCUT2D eigenvalue weighted by Crippen LogP contribution is -2.50. The molecule has 15 heavy (non-hydrogen) atoms. The molecular formula is C11H23ClN2O. The van der Waals surface area contributed by atoms with Gasteiger partial charge in [-0.25, -0.2) is 0 Å². The largest absolute Gasteiger partial charge is 0.354 e. The third-order valence-electron chi connectivity index (χ3n) is 2.86. The average Bonchev–Trinajstić information content (AvgIpc) is 2.14. The SMILES string of the molecule is CC(C)(N)C(=O)NCC1CCCCC1.Cl. The standard InChI is InChI=1S/C11H22N2O.ClH/c1-11(2,12)10(14)13-8-9-6-4-3-5-7-9;/h9H,3-8,12H2,1-2H3,(H,13,14);1H. The molecule has 90 valence electrons. The maximum Gasteiger partial charge on any atom is 0.239 e. The Morgan fingerprint density at radius 2 is 1.87 bits per heavy atom. The summed E-state index contributed by atoms with van der Waals surface area (Å²) < 4.78 is 0. The van der Waals surface area contributed by atoms with E-state index in [0.29, 0.717) is 5.92 Å². The zero-order valence-electron chi connectivity index (χ0n) is 9.71. The summed E-state index contributed by atoms with van der Waals surface area (Å²) in [6.45, 7) is 4.28. The Hall–Kier alpha value is -0.280. The highest BCUT2D eigenvalue weighted by atomic mass is 35.5. The van der Waals surface area contributed by atoms with Crippen molar-refractivity contribution in [3.8, 4) is 0 Å². The molecule has 0 spiro atoms. The molecule has 1 rings (SSSR count). The van der Waals surface area contributed by atoms with Gasteiger partial charge in [-0.2, -0.15) is 0 Å². The van der Waals surface area contributed by atoms with Gasteiger partial charge in [0.2, 0.25) is 5.91 Å². The first-order chi connectivity index (χ1) is 6.50. The first-order valence-corrected chi connectivity index (χ1v) is 5.57. The summed E-state index contributed by atoms with van der Waals surface area (Å²) in [4.78, 5) is 11.5. The highest BCUT2D eigenvalue weighted by Gasteiger charge is 2.22. The van der Waals surface area contributed by atoms with Crippen molar-refractivity contribution >= 4 is 18.3 Å². The molecule has 3 N–H and O–H groups in total. The molecule has 4 heteroatoms. The third kappa shape index (κ3) is 5.38. The van der Waals surface area contributed by atoms with Crippen LogP contribution in [0, 0.1) is 5.92 Å². The van der Waals surface area contributed by atoms with E-state index in [1.165, 1.54) is 32.1 Å². The number of rotatable bonds is 3. The van der Waals surface area contributed by atoms with Crippen LogP contribution in [0.1, 0.15) is 46.0 Å². The average molecular weight is 235 g/mol. The highest BCUT2D eigenvalue weighted by molar-refractivity contribution is 5.85. The minimum Gasteiger partial charge on any atom is -0.354 e. The van der Waals surface area contributed by atoms with Crippen LogP contribution in [0.3, 0.4) is 0 Å². The number of nitrogens with two attached hydrogens (primary N) is 1. The second-order valence-corrected chi connectivity index (χ2v) is 4.94. The second kappa shape index (κ2) is 6.33. The van der Waals surface area contributed by atoms with Gasteiger partial charge in [0.25, 0.3) is 0 Å². The molecule has 0 aliphatic heterocycles. The van der Waals surface area contributed by atoms with E-state index >= 15 is 0 Å². The van der Waals surface area contributed by atoms with Gasteiger partial charge in [-0.1, -0.05) is 19.3 Å². The lowest BCUT2D eigenvalue weighted by Gasteiger charge is -2.24. The van der Waals surface area contributed by atoms with E-state index in [4.69, 9.17) is 5.73 Å². The smallest absolute Gasteiger partial charge is 0.239 e. The van der Waals surface area contributed by atoms with Gasteiger partial charge in [-0.15, -0.1) is 12.4 Å². The minimum absolute atomic E-state index is 0. The van der Waals surface area contributed by atoms with Gasteiger partial charge in [0, 0.05) is 6.54 Å². The minimum atomic E-state index is -0.741. The summed E-state index contributed by atoms with van der Waals surface area (Å²) in [5, 5.41) is 2.93. The number of carbonyl (C=O) groups is 1. The van der Waals surface area contributed by atoms with E-state index < -0.39 is 5.54 Å². The molecule has 0 bridgehead atoms. The molecule has 0 heterocycles. The van der Waals surface area contributed by atoms with E-state index in [9.17, 15) is 4.79 Å². The van der Waals surface area contributed by atoms with Crippen LogP contribution in [0.25, 0.3) is 0 Å². The number of hydrogen-bond acceptors (Lipinski definition) is 2. The zero-order chi connectivity index (χ0) is 10.6. The van der Waals surface area contributed by atoms with Crippen LogP contribution in [-0.4, -0.2) is 18.0 Å². The maximum absolute atomic E-state index is 11.5. The van der Waals surface area contributed by atoms with Crippen molar-refractivity contribution in [1.29, 1.82) is 0 Å². The number of carbonyl (C=O) groups excluding carboxylic acids is 1. The topological polar surface area (TPSA) is 55.1 Å². The van der Waals surface area contributed by atoms with Crippen LogP contribution in [0.2, 0.25) is 0 Å². The van der Waals surface area contributed by atoms with Gasteiger partial charge >= 0.3 is 0 Å². The number of amides is 1. The van der Waals surface area contributed by atoms with E-state index in [-0.39, 0.29) is 18.3 Å². The van der Waals surface area contributed by atoms with E-state index in [2.05, 4.69) is 5.32 Å². The molecule has 1 aliphatic carbocycles. The van der Waals surface area contributed by atoms with Crippen LogP contribution in [-0.2, 0) is 4.79 Å². The molecule has 3 nitrogen and oxygen atoms in total. The van der Waals surface area contributed by atoms with Crippen molar-refractivity contribution in [1.82, 2.24) is 5.32 Å². The molecule has 0 aromatic carbocycles. The normalized spacial score (nSPS) is 18.1. The predicted molar refractivity (Wildman–Crippen MR) is 65.1 cm³/mol. The van der Waals surface area contributed by atoms with Crippen LogP contribution in [0.4, 0.5) is 0 Å². The molecule has 1 aliphatic rings. The van der Waals surface area contributed by atoms with Crippen molar-refractivity contribution in [2.24, 2.45) is 11.7 Å². The summed E-state index contributed by atoms with van der Waals surface area (Å²) >= 11 is 0. The van der Waals surface area contributed by atoms with E-state index in [1.807, 2.05) is 0 Å². The van der Waals surface area contributed by atoms with Crippen molar-refractivity contribution < 1.29 is 4.79 Å². The number of nitrogens with one attached hydrogen (secondary N) is 1. The summed E-state index contributed by atoms with van der Waals surface area (Å²) in [6, 6.07) is 0. The van der Waals surface area contributed by atoms with Crippen LogP contribution >= 0.6 is 12.4 Å². The van der Waals surface area contributed by atoms with E-state index in [0.717, 1.165) is 6.54 Å². The fourth-order valence-corrected chi connectivity index (χ4v) is 1.86. The first kappa shape index (κ1) is 14.7. The van der Waals surface area contributed by atoms with Crippen molar-refractivity contribution in [3.05, 3.63) is 0 Å². The molecule has 0 unspecified atom stereocenters. The lowest BCUT2D eigenvalue weighted by atomic mass is 9.89. The second-order valence-electron chi connectivity index (χ2n) is 4.94. The Bertz CT molecular complexity index is 195. The monoisotopic (exact) mass is 234 g/mol. The Balaban J connectivity index is 0.00000196. The quantitative estimate of drug-likeness (QED) is 0.783. The Kier molecular flexibility index (Phi) is 6.22. The van der Waals surface area contributed by atoms with Crippen molar-refractivity contribution in [3.63, 3.8) is 0 Å². The van der Waals surface area contributed by atoms with E-state index in [1.54, 1.807) is 13.8 Å². The number of halogens is 1. The molecule has 0 aromatic heterocycles. The Morgan fingerprint density at radius 3 is 2.33 bits per heavy atom. The third-order valence-corrected chi connectivity index (χ3v) is 2.86. The summed E-state index contributed by atoms with van der Waals surface area (Å²) in [6.07, 6.45) is 6.49. The molecule has 0 atom stereocenters. The zero-order valence-corrected chi connectivity index (χ0v) is 10.5. The molecule has 0 aromatic rings. The molecule has 1 fully saturated rings. The highest BCUT2D eigenvalue weighted by Crippen LogP contribution is 2.22. The fourth-order valence-electron chi connectivity index (χ4n) is 1.86. The molecular weight excluding hydrogens is 212 g/mol. The van der Waals surface area contributed by atoms with Crippen LogP contribution in [0.15, 0.2) is 0 Å².